The highest BCUT2D eigenvalue weighted by molar-refractivity contribution is 9.10. The molecule has 2 N–H and O–H groups in total. The average Bonchev–Trinajstić information content (AvgIpc) is 2.61. The fourth-order valence-corrected chi connectivity index (χ4v) is 4.16. The molecule has 1 aromatic carbocycles. The summed E-state index contributed by atoms with van der Waals surface area (Å²) in [7, 11) is -3.20. The van der Waals surface area contributed by atoms with Crippen LogP contribution in [0, 0.1) is 5.92 Å². The number of para-hydroxylation sites is 1. The zero-order chi connectivity index (χ0) is 18.4. The number of carbonyl (C=O) groups is 2. The molecule has 7 nitrogen and oxygen atoms in total. The number of anilines is 1. The second kappa shape index (κ2) is 8.77. The van der Waals surface area contributed by atoms with E-state index in [1.165, 1.54) is 4.31 Å². The molecule has 0 radical (unpaired) electrons. The molecule has 9 heteroatoms. The monoisotopic (exact) mass is 431 g/mol. The van der Waals surface area contributed by atoms with E-state index >= 15 is 0 Å². The minimum atomic E-state index is -3.20. The van der Waals surface area contributed by atoms with Crippen LogP contribution in [-0.4, -0.2) is 49.9 Å². The number of piperidine rings is 1. The number of nitrogens with zero attached hydrogens (tertiary/aromatic N) is 1. The van der Waals surface area contributed by atoms with E-state index in [4.69, 9.17) is 0 Å². The van der Waals surface area contributed by atoms with E-state index in [9.17, 15) is 18.0 Å². The molecule has 1 aliphatic rings. The van der Waals surface area contributed by atoms with Crippen LogP contribution in [0.4, 0.5) is 5.69 Å². The van der Waals surface area contributed by atoms with Crippen LogP contribution in [0.1, 0.15) is 19.8 Å². The molecule has 1 saturated heterocycles. The highest BCUT2D eigenvalue weighted by Crippen LogP contribution is 2.21. The van der Waals surface area contributed by atoms with E-state index in [0.717, 1.165) is 4.47 Å². The van der Waals surface area contributed by atoms with Crippen molar-refractivity contribution in [3.8, 4) is 0 Å². The molecule has 0 unspecified atom stereocenters. The van der Waals surface area contributed by atoms with Crippen LogP contribution >= 0.6 is 15.9 Å². The first kappa shape index (κ1) is 19.9. The van der Waals surface area contributed by atoms with Gasteiger partial charge in [0.15, 0.2) is 0 Å². The maximum absolute atomic E-state index is 12.2. The highest BCUT2D eigenvalue weighted by Gasteiger charge is 2.30. The van der Waals surface area contributed by atoms with Gasteiger partial charge in [-0.25, -0.2) is 12.7 Å². The molecule has 138 valence electrons. The van der Waals surface area contributed by atoms with Crippen LogP contribution in [-0.2, 0) is 19.6 Å². The maximum Gasteiger partial charge on any atom is 0.243 e. The lowest BCUT2D eigenvalue weighted by Gasteiger charge is -2.30. The van der Waals surface area contributed by atoms with Crippen molar-refractivity contribution in [3.63, 3.8) is 0 Å². The number of hydrogen-bond acceptors (Lipinski definition) is 4. The van der Waals surface area contributed by atoms with E-state index in [2.05, 4.69) is 26.6 Å². The molecule has 1 fully saturated rings. The third-order valence-electron chi connectivity index (χ3n) is 4.15. The molecule has 1 aromatic rings. The third-order valence-corrected chi connectivity index (χ3v) is 6.73. The summed E-state index contributed by atoms with van der Waals surface area (Å²) in [5, 5.41) is 5.34. The average molecular weight is 432 g/mol. The molecule has 2 rings (SSSR count). The van der Waals surface area contributed by atoms with Gasteiger partial charge in [0.2, 0.25) is 21.8 Å². The number of carbonyl (C=O) groups excluding carboxylic acids is 2. The maximum atomic E-state index is 12.2. The molecule has 0 aromatic heterocycles. The van der Waals surface area contributed by atoms with Crippen molar-refractivity contribution in [2.24, 2.45) is 5.92 Å². The zero-order valence-corrected chi connectivity index (χ0v) is 16.4. The van der Waals surface area contributed by atoms with Crippen LogP contribution in [0.5, 0.6) is 0 Å². The number of nitrogens with one attached hydrogen (secondary N) is 2. The standard InChI is InChI=1S/C16H22BrN3O4S/c1-2-25(23,24)20-9-7-12(8-10-20)16(22)18-11-15(21)19-14-6-4-3-5-13(14)17/h3-6,12H,2,7-11H2,1H3,(H,18,22)(H,19,21). The molecular weight excluding hydrogens is 410 g/mol. The largest absolute Gasteiger partial charge is 0.347 e. The van der Waals surface area contributed by atoms with Crippen LogP contribution < -0.4 is 10.6 Å². The van der Waals surface area contributed by atoms with Crippen molar-refractivity contribution in [1.82, 2.24) is 9.62 Å². The minimum Gasteiger partial charge on any atom is -0.347 e. The lowest BCUT2D eigenvalue weighted by atomic mass is 9.97. The quantitative estimate of drug-likeness (QED) is 0.714. The van der Waals surface area contributed by atoms with E-state index in [0.29, 0.717) is 31.6 Å². The first-order valence-corrected chi connectivity index (χ1v) is 10.5. The smallest absolute Gasteiger partial charge is 0.243 e. The normalized spacial score (nSPS) is 16.4. The molecule has 0 saturated carbocycles. The van der Waals surface area contributed by atoms with Crippen LogP contribution in [0.2, 0.25) is 0 Å². The molecule has 0 bridgehead atoms. The first-order chi connectivity index (χ1) is 11.8. The van der Waals surface area contributed by atoms with Gasteiger partial charge in [0.1, 0.15) is 0 Å². The van der Waals surface area contributed by atoms with Crippen molar-refractivity contribution in [2.45, 2.75) is 19.8 Å². The fraction of sp³-hybridized carbons (Fsp3) is 0.500. The van der Waals surface area contributed by atoms with Crippen LogP contribution in [0.3, 0.4) is 0 Å². The summed E-state index contributed by atoms with van der Waals surface area (Å²) < 4.78 is 25.8. The molecule has 25 heavy (non-hydrogen) atoms. The summed E-state index contributed by atoms with van der Waals surface area (Å²) in [5.74, 6) is -0.722. The SMILES string of the molecule is CCS(=O)(=O)N1CCC(C(=O)NCC(=O)Nc2ccccc2Br)CC1. The van der Waals surface area contributed by atoms with E-state index in [1.54, 1.807) is 19.1 Å². The molecule has 0 aliphatic carbocycles. The molecule has 1 aliphatic heterocycles. The zero-order valence-electron chi connectivity index (χ0n) is 14.0. The van der Waals surface area contributed by atoms with Gasteiger partial charge >= 0.3 is 0 Å². The Hall–Kier alpha value is -1.45. The summed E-state index contributed by atoms with van der Waals surface area (Å²) in [6.07, 6.45) is 0.938. The number of rotatable bonds is 6. The van der Waals surface area contributed by atoms with Gasteiger partial charge in [-0.15, -0.1) is 0 Å². The summed E-state index contributed by atoms with van der Waals surface area (Å²) in [6, 6.07) is 7.21. The number of hydrogen-bond donors (Lipinski definition) is 2. The number of amides is 2. The number of sulfonamides is 1. The van der Waals surface area contributed by atoms with Crippen molar-refractivity contribution in [1.29, 1.82) is 0 Å². The molecule has 1 heterocycles. The van der Waals surface area contributed by atoms with Gasteiger partial charge in [0, 0.05) is 23.5 Å². The van der Waals surface area contributed by atoms with Gasteiger partial charge < -0.3 is 10.6 Å². The predicted molar refractivity (Wildman–Crippen MR) is 99.5 cm³/mol. The van der Waals surface area contributed by atoms with Crippen molar-refractivity contribution >= 4 is 43.5 Å². The lowest BCUT2D eigenvalue weighted by Crippen LogP contribution is -2.44. The Balaban J connectivity index is 1.78. The first-order valence-electron chi connectivity index (χ1n) is 8.13. The van der Waals surface area contributed by atoms with E-state index in [-0.39, 0.29) is 30.0 Å². The summed E-state index contributed by atoms with van der Waals surface area (Å²) in [4.78, 5) is 24.1. The molecule has 0 atom stereocenters. The molecular formula is C16H22BrN3O4S. The second-order valence-corrected chi connectivity index (χ2v) is 8.93. The van der Waals surface area contributed by atoms with Gasteiger partial charge in [0.05, 0.1) is 18.0 Å². The Labute approximate surface area is 156 Å². The van der Waals surface area contributed by atoms with Crippen molar-refractivity contribution in [3.05, 3.63) is 28.7 Å². The van der Waals surface area contributed by atoms with Crippen molar-refractivity contribution < 1.29 is 18.0 Å². The van der Waals surface area contributed by atoms with Gasteiger partial charge in [0.25, 0.3) is 0 Å². The van der Waals surface area contributed by atoms with Crippen LogP contribution in [0.15, 0.2) is 28.7 Å². The van der Waals surface area contributed by atoms with Gasteiger partial charge in [-0.3, -0.25) is 9.59 Å². The Morgan fingerprint density at radius 1 is 1.24 bits per heavy atom. The van der Waals surface area contributed by atoms with E-state index in [1.807, 2.05) is 12.1 Å². The predicted octanol–water partition coefficient (Wildman–Crippen LogP) is 1.57. The van der Waals surface area contributed by atoms with Crippen molar-refractivity contribution in [2.75, 3.05) is 30.7 Å². The second-order valence-electron chi connectivity index (χ2n) is 5.82. The Morgan fingerprint density at radius 3 is 2.48 bits per heavy atom. The molecule has 2 amide bonds. The summed E-state index contributed by atoms with van der Waals surface area (Å²) in [5.41, 5.74) is 0.639. The van der Waals surface area contributed by atoms with Gasteiger partial charge in [-0.2, -0.15) is 0 Å². The number of halogens is 1. The Morgan fingerprint density at radius 2 is 1.88 bits per heavy atom. The van der Waals surface area contributed by atoms with Crippen LogP contribution in [0.25, 0.3) is 0 Å². The Kier molecular flexibility index (Phi) is 6.97. The summed E-state index contributed by atoms with van der Waals surface area (Å²) in [6.45, 7) is 2.18. The third kappa shape index (κ3) is 5.52. The summed E-state index contributed by atoms with van der Waals surface area (Å²) >= 11 is 3.34. The molecule has 0 spiro atoms. The fourth-order valence-electron chi connectivity index (χ4n) is 2.65. The van der Waals surface area contributed by atoms with Gasteiger partial charge in [-0.1, -0.05) is 12.1 Å². The van der Waals surface area contributed by atoms with Gasteiger partial charge in [-0.05, 0) is 47.8 Å². The number of benzene rings is 1. The van der Waals surface area contributed by atoms with E-state index < -0.39 is 10.0 Å². The Bertz CT molecular complexity index is 731. The highest BCUT2D eigenvalue weighted by atomic mass is 79.9. The lowest BCUT2D eigenvalue weighted by molar-refractivity contribution is -0.128. The minimum absolute atomic E-state index is 0.0685. The topological polar surface area (TPSA) is 95.6 Å².